The lowest BCUT2D eigenvalue weighted by Gasteiger charge is -2.31. The van der Waals surface area contributed by atoms with Gasteiger partial charge in [0.2, 0.25) is 0 Å². The molecule has 63 valence electrons. The lowest BCUT2D eigenvalue weighted by Crippen LogP contribution is -2.35. The molecule has 0 amide bonds. The minimum atomic E-state index is -0.274. The third-order valence-electron chi connectivity index (χ3n) is 1.59. The van der Waals surface area contributed by atoms with E-state index < -0.39 is 0 Å². The Balaban J connectivity index is 2.37. The topological polar surface area (TPSA) is 27.7 Å². The third kappa shape index (κ3) is 2.15. The molecule has 0 saturated carbocycles. The number of ether oxygens (including phenoxy) is 3. The minimum absolute atomic E-state index is 0.259. The summed E-state index contributed by atoms with van der Waals surface area (Å²) in [5.74, 6) is 1.06. The van der Waals surface area contributed by atoms with Crippen LogP contribution >= 0.6 is 0 Å². The second kappa shape index (κ2) is 4.04. The Morgan fingerprint density at radius 1 is 1.36 bits per heavy atom. The van der Waals surface area contributed by atoms with Crippen LogP contribution in [0.5, 0.6) is 0 Å². The van der Waals surface area contributed by atoms with Crippen molar-refractivity contribution in [2.24, 2.45) is 0 Å². The van der Waals surface area contributed by atoms with Crippen molar-refractivity contribution in [2.75, 3.05) is 14.2 Å². The van der Waals surface area contributed by atoms with Crippen molar-refractivity contribution in [3.63, 3.8) is 0 Å². The second-order valence-corrected chi connectivity index (χ2v) is 2.41. The van der Waals surface area contributed by atoms with Crippen molar-refractivity contribution in [1.82, 2.24) is 0 Å². The number of methoxy groups -OCH3 is 2. The molecule has 1 rings (SSSR count). The van der Waals surface area contributed by atoms with Crippen LogP contribution in [0.15, 0.2) is 0 Å². The summed E-state index contributed by atoms with van der Waals surface area (Å²) in [5.41, 5.74) is 0. The maximum absolute atomic E-state index is 5.33. The van der Waals surface area contributed by atoms with Gasteiger partial charge in [-0.1, -0.05) is 6.92 Å². The monoisotopic (exact) mass is 157 g/mol. The van der Waals surface area contributed by atoms with Gasteiger partial charge >= 0.3 is 0 Å². The molecule has 1 aliphatic rings. The zero-order valence-corrected chi connectivity index (χ0v) is 7.03. The van der Waals surface area contributed by atoms with E-state index in [0.29, 0.717) is 0 Å². The van der Waals surface area contributed by atoms with E-state index in [1.54, 1.807) is 14.2 Å². The largest absolute Gasteiger partial charge is 0.355 e. The molecule has 0 aliphatic carbocycles. The highest BCUT2D eigenvalue weighted by Gasteiger charge is 2.28. The zero-order valence-electron chi connectivity index (χ0n) is 7.03. The Kier molecular flexibility index (Phi) is 3.30. The summed E-state index contributed by atoms with van der Waals surface area (Å²) < 4.78 is 15.3. The van der Waals surface area contributed by atoms with Gasteiger partial charge in [0.1, 0.15) is 0 Å². The smallest absolute Gasteiger partial charge is 0.166 e. The molecule has 1 aliphatic heterocycles. The highest BCUT2D eigenvalue weighted by Crippen LogP contribution is 2.25. The van der Waals surface area contributed by atoms with E-state index in [-0.39, 0.29) is 12.6 Å². The van der Waals surface area contributed by atoms with Crippen molar-refractivity contribution in [3.05, 3.63) is 18.8 Å². The van der Waals surface area contributed by atoms with E-state index in [2.05, 4.69) is 0 Å². The van der Waals surface area contributed by atoms with Crippen molar-refractivity contribution < 1.29 is 14.2 Å². The first-order valence-electron chi connectivity index (χ1n) is 3.50. The molecule has 1 fully saturated rings. The summed E-state index contributed by atoms with van der Waals surface area (Å²) in [4.78, 5) is 0. The van der Waals surface area contributed by atoms with Gasteiger partial charge in [-0.15, -0.1) is 0 Å². The van der Waals surface area contributed by atoms with Crippen LogP contribution < -0.4 is 0 Å². The maximum atomic E-state index is 5.33. The van der Waals surface area contributed by atoms with Gasteiger partial charge in [-0.05, 0) is 6.42 Å². The molecular formula is C8H13O3. The van der Waals surface area contributed by atoms with Crippen LogP contribution in [0.3, 0.4) is 0 Å². The standard InChI is InChI=1S/C8H13O3/c1-6-4-5-7(9-2)11-8(6)10-3/h4-5,7-8H,1-3H3/t7-,8+/m1/s1. The molecule has 3 heteroatoms. The summed E-state index contributed by atoms with van der Waals surface area (Å²) in [7, 11) is 3.21. The molecule has 0 unspecified atom stereocenters. The fourth-order valence-corrected chi connectivity index (χ4v) is 0.959. The third-order valence-corrected chi connectivity index (χ3v) is 1.59. The quantitative estimate of drug-likeness (QED) is 0.597. The van der Waals surface area contributed by atoms with Gasteiger partial charge in [-0.25, -0.2) is 0 Å². The summed E-state index contributed by atoms with van der Waals surface area (Å²) in [6, 6.07) is 0. The lowest BCUT2D eigenvalue weighted by atomic mass is 10.0. The van der Waals surface area contributed by atoms with E-state index in [1.807, 2.05) is 19.8 Å². The summed E-state index contributed by atoms with van der Waals surface area (Å²) >= 11 is 0. The Labute approximate surface area is 67.6 Å². The summed E-state index contributed by atoms with van der Waals surface area (Å²) in [5, 5.41) is 0. The van der Waals surface area contributed by atoms with Gasteiger partial charge in [0.25, 0.3) is 0 Å². The number of rotatable bonds is 2. The van der Waals surface area contributed by atoms with Crippen molar-refractivity contribution in [2.45, 2.75) is 19.5 Å². The predicted octanol–water partition coefficient (Wildman–Crippen LogP) is 0.965. The highest BCUT2D eigenvalue weighted by atomic mass is 16.8. The minimum Gasteiger partial charge on any atom is -0.355 e. The van der Waals surface area contributed by atoms with Crippen LogP contribution in [0.4, 0.5) is 0 Å². The molecule has 0 N–H and O–H groups in total. The van der Waals surface area contributed by atoms with Crippen molar-refractivity contribution in [1.29, 1.82) is 0 Å². The molecule has 1 heterocycles. The molecule has 0 aromatic carbocycles. The Bertz CT molecular complexity index is 116. The van der Waals surface area contributed by atoms with Gasteiger partial charge in [-0.2, -0.15) is 0 Å². The van der Waals surface area contributed by atoms with Crippen molar-refractivity contribution >= 4 is 0 Å². The lowest BCUT2D eigenvalue weighted by molar-refractivity contribution is -0.215. The molecule has 0 bridgehead atoms. The molecule has 0 spiro atoms. The average Bonchev–Trinajstić information content (AvgIpc) is 2.05. The second-order valence-electron chi connectivity index (χ2n) is 2.41. The zero-order chi connectivity index (χ0) is 8.27. The first kappa shape index (κ1) is 8.97. The van der Waals surface area contributed by atoms with Crippen molar-refractivity contribution in [3.8, 4) is 0 Å². The highest BCUT2D eigenvalue weighted by molar-refractivity contribution is 5.14. The molecule has 3 radical (unpaired) electrons. The maximum Gasteiger partial charge on any atom is 0.166 e. The first-order valence-corrected chi connectivity index (χ1v) is 3.50. The fraction of sp³-hybridized carbons (Fsp3) is 0.625. The Morgan fingerprint density at radius 2 is 2.09 bits per heavy atom. The average molecular weight is 157 g/mol. The van der Waals surface area contributed by atoms with Crippen LogP contribution in [-0.4, -0.2) is 26.8 Å². The Morgan fingerprint density at radius 3 is 2.64 bits per heavy atom. The van der Waals surface area contributed by atoms with E-state index in [4.69, 9.17) is 14.2 Å². The molecule has 0 aromatic rings. The van der Waals surface area contributed by atoms with Gasteiger partial charge in [-0.3, -0.25) is 0 Å². The number of hydrogen-bond acceptors (Lipinski definition) is 3. The molecular weight excluding hydrogens is 144 g/mol. The van der Waals surface area contributed by atoms with E-state index in [9.17, 15) is 0 Å². The van der Waals surface area contributed by atoms with E-state index >= 15 is 0 Å². The Hall–Kier alpha value is -0.120. The molecule has 3 nitrogen and oxygen atoms in total. The molecule has 11 heavy (non-hydrogen) atoms. The fourth-order valence-electron chi connectivity index (χ4n) is 0.959. The molecule has 1 saturated heterocycles. The number of hydrogen-bond donors (Lipinski definition) is 0. The normalized spacial score (nSPS) is 34.1. The van der Waals surface area contributed by atoms with E-state index in [1.165, 1.54) is 0 Å². The van der Waals surface area contributed by atoms with Gasteiger partial charge < -0.3 is 14.2 Å². The van der Waals surface area contributed by atoms with Crippen LogP contribution in [0.1, 0.15) is 6.92 Å². The van der Waals surface area contributed by atoms with E-state index in [0.717, 1.165) is 5.92 Å². The predicted molar refractivity (Wildman–Crippen MR) is 40.2 cm³/mol. The van der Waals surface area contributed by atoms with Crippen LogP contribution in [0, 0.1) is 18.8 Å². The molecule has 0 aromatic heterocycles. The van der Waals surface area contributed by atoms with Crippen LogP contribution in [-0.2, 0) is 14.2 Å². The van der Waals surface area contributed by atoms with Crippen LogP contribution in [0.25, 0.3) is 0 Å². The van der Waals surface area contributed by atoms with Crippen LogP contribution in [0.2, 0.25) is 0 Å². The summed E-state index contributed by atoms with van der Waals surface area (Å²) in [6.07, 6.45) is 3.27. The summed E-state index contributed by atoms with van der Waals surface area (Å²) in [6.45, 7) is 1.95. The van der Waals surface area contributed by atoms with Gasteiger partial charge in [0.05, 0.1) is 0 Å². The molecule has 2 atom stereocenters. The SMILES string of the molecule is CO[C@H]1[CH][CH][C](C)[C@@H](OC)O1. The van der Waals surface area contributed by atoms with Gasteiger partial charge in [0, 0.05) is 26.6 Å². The van der Waals surface area contributed by atoms with Gasteiger partial charge in [0.15, 0.2) is 12.6 Å². The first-order chi connectivity index (χ1) is 5.27.